The summed E-state index contributed by atoms with van der Waals surface area (Å²) in [6.07, 6.45) is 6.68. The smallest absolute Gasteiger partial charge is 0.275 e. The summed E-state index contributed by atoms with van der Waals surface area (Å²) in [5.74, 6) is 0. The second-order valence-corrected chi connectivity index (χ2v) is 5.78. The lowest BCUT2D eigenvalue weighted by Crippen LogP contribution is -2.64. The van der Waals surface area contributed by atoms with Crippen LogP contribution in [0.3, 0.4) is 0 Å². The first-order chi connectivity index (χ1) is 8.28. The van der Waals surface area contributed by atoms with Crippen LogP contribution in [0, 0.1) is 0 Å². The minimum absolute atomic E-state index is 0.0966. The second kappa shape index (κ2) is 3.07. The van der Waals surface area contributed by atoms with Gasteiger partial charge in [0.2, 0.25) is 10.1 Å². The Morgan fingerprint density at radius 1 is 1.35 bits per heavy atom. The summed E-state index contributed by atoms with van der Waals surface area (Å²) in [7, 11) is 0. The minimum atomic E-state index is -0.0966. The molecule has 0 atom stereocenters. The summed E-state index contributed by atoms with van der Waals surface area (Å²) in [4.78, 5) is 18.8. The van der Waals surface area contributed by atoms with E-state index in [9.17, 15) is 4.79 Å². The predicted molar refractivity (Wildman–Crippen MR) is 65.7 cm³/mol. The molecule has 2 aromatic rings. The Hall–Kier alpha value is -1.43. The second-order valence-electron chi connectivity index (χ2n) is 4.84. The zero-order valence-corrected chi connectivity index (χ0v) is 10.1. The highest BCUT2D eigenvalue weighted by Crippen LogP contribution is 2.49. The van der Waals surface area contributed by atoms with Crippen LogP contribution in [0.1, 0.15) is 25.7 Å². The quantitative estimate of drug-likeness (QED) is 0.763. The summed E-state index contributed by atoms with van der Waals surface area (Å²) >= 11 is 1.51. The van der Waals surface area contributed by atoms with E-state index in [2.05, 4.69) is 15.0 Å². The van der Waals surface area contributed by atoms with Gasteiger partial charge in [0.05, 0.1) is 0 Å². The van der Waals surface area contributed by atoms with Crippen LogP contribution in [0.4, 0.5) is 5.13 Å². The molecule has 0 aromatic carbocycles. The van der Waals surface area contributed by atoms with Gasteiger partial charge >= 0.3 is 0 Å². The molecule has 0 radical (unpaired) electrons. The van der Waals surface area contributed by atoms with Gasteiger partial charge in [0.25, 0.3) is 5.56 Å². The number of aromatic nitrogens is 3. The molecule has 17 heavy (non-hydrogen) atoms. The Morgan fingerprint density at radius 3 is 2.82 bits per heavy atom. The van der Waals surface area contributed by atoms with E-state index in [-0.39, 0.29) is 5.56 Å². The molecule has 2 aromatic heterocycles. The van der Waals surface area contributed by atoms with Crippen LogP contribution in [-0.2, 0) is 0 Å². The number of anilines is 1. The molecule has 6 heteroatoms. The molecule has 0 unspecified atom stereocenters. The highest BCUT2D eigenvalue weighted by Gasteiger charge is 2.50. The summed E-state index contributed by atoms with van der Waals surface area (Å²) in [5, 5.41) is 5.35. The molecule has 2 aliphatic rings. The van der Waals surface area contributed by atoms with Crippen LogP contribution in [0.2, 0.25) is 0 Å². The molecule has 1 spiro atoms. The molecule has 4 rings (SSSR count). The topological polar surface area (TPSA) is 50.5 Å². The number of hydrogen-bond donors (Lipinski definition) is 0. The van der Waals surface area contributed by atoms with Crippen LogP contribution in [-0.4, -0.2) is 26.7 Å². The van der Waals surface area contributed by atoms with E-state index in [0.717, 1.165) is 11.7 Å². The van der Waals surface area contributed by atoms with Crippen molar-refractivity contribution in [1.82, 2.24) is 14.6 Å². The molecular formula is C11H12N4OS. The molecule has 1 saturated heterocycles. The molecule has 1 aliphatic carbocycles. The zero-order chi connectivity index (χ0) is 11.5. The lowest BCUT2D eigenvalue weighted by Gasteiger charge is -2.58. The maximum Gasteiger partial charge on any atom is 0.275 e. The van der Waals surface area contributed by atoms with Gasteiger partial charge < -0.3 is 4.90 Å². The largest absolute Gasteiger partial charge is 0.341 e. The maximum atomic E-state index is 11.6. The highest BCUT2D eigenvalue weighted by molar-refractivity contribution is 7.20. The predicted octanol–water partition coefficient (Wildman–Crippen LogP) is 1.28. The molecular weight excluding hydrogens is 236 g/mol. The van der Waals surface area contributed by atoms with E-state index in [1.807, 2.05) is 0 Å². The molecule has 1 saturated carbocycles. The lowest BCUT2D eigenvalue weighted by molar-refractivity contribution is 0.151. The van der Waals surface area contributed by atoms with Crippen LogP contribution in [0.15, 0.2) is 17.1 Å². The maximum absolute atomic E-state index is 11.6. The fourth-order valence-electron chi connectivity index (χ4n) is 2.79. The van der Waals surface area contributed by atoms with Gasteiger partial charge in [-0.25, -0.2) is 4.98 Å². The van der Waals surface area contributed by atoms with Crippen molar-refractivity contribution in [3.05, 3.63) is 22.6 Å². The SMILES string of the molecule is O=c1ccnc2sc(N3CCC34CCC4)nn12. The Labute approximate surface area is 102 Å². The van der Waals surface area contributed by atoms with Gasteiger partial charge in [0.15, 0.2) is 0 Å². The van der Waals surface area contributed by atoms with Crippen molar-refractivity contribution >= 4 is 21.4 Å². The van der Waals surface area contributed by atoms with E-state index < -0.39 is 0 Å². The first kappa shape index (κ1) is 9.58. The van der Waals surface area contributed by atoms with E-state index in [1.165, 1.54) is 47.6 Å². The normalized spacial score (nSPS) is 21.5. The fourth-order valence-corrected chi connectivity index (χ4v) is 3.80. The van der Waals surface area contributed by atoms with E-state index in [0.29, 0.717) is 10.5 Å². The molecule has 0 bridgehead atoms. The fraction of sp³-hybridized carbons (Fsp3) is 0.545. The highest BCUT2D eigenvalue weighted by atomic mass is 32.1. The van der Waals surface area contributed by atoms with Gasteiger partial charge in [-0.2, -0.15) is 4.52 Å². The third kappa shape index (κ3) is 1.16. The summed E-state index contributed by atoms with van der Waals surface area (Å²) < 4.78 is 1.41. The van der Waals surface area contributed by atoms with Crippen molar-refractivity contribution in [2.75, 3.05) is 11.4 Å². The zero-order valence-electron chi connectivity index (χ0n) is 9.30. The van der Waals surface area contributed by atoms with Gasteiger partial charge in [0.1, 0.15) is 0 Å². The average Bonchev–Trinajstić information content (AvgIpc) is 2.58. The van der Waals surface area contributed by atoms with Crippen molar-refractivity contribution in [3.8, 4) is 0 Å². The van der Waals surface area contributed by atoms with Gasteiger partial charge in [0, 0.05) is 24.3 Å². The van der Waals surface area contributed by atoms with Crippen LogP contribution in [0.25, 0.3) is 4.96 Å². The minimum Gasteiger partial charge on any atom is -0.341 e. The van der Waals surface area contributed by atoms with E-state index in [1.54, 1.807) is 6.20 Å². The summed E-state index contributed by atoms with van der Waals surface area (Å²) in [6.45, 7) is 1.06. The Bertz CT molecular complexity index is 637. The van der Waals surface area contributed by atoms with Crippen LogP contribution < -0.4 is 10.5 Å². The van der Waals surface area contributed by atoms with E-state index in [4.69, 9.17) is 0 Å². The Morgan fingerprint density at radius 2 is 2.24 bits per heavy atom. The Balaban J connectivity index is 1.82. The van der Waals surface area contributed by atoms with Gasteiger partial charge in [-0.15, -0.1) is 5.10 Å². The first-order valence-electron chi connectivity index (χ1n) is 5.91. The first-order valence-corrected chi connectivity index (χ1v) is 6.73. The van der Waals surface area contributed by atoms with Crippen LogP contribution in [0.5, 0.6) is 0 Å². The standard InChI is InChI=1S/C11H12N4OS/c16-8-2-6-12-9-15(8)13-10(17-9)14-7-5-11(14)3-1-4-11/h2,6H,1,3-5,7H2. The van der Waals surface area contributed by atoms with E-state index >= 15 is 0 Å². The van der Waals surface area contributed by atoms with Gasteiger partial charge in [-0.3, -0.25) is 4.79 Å². The van der Waals surface area contributed by atoms with Gasteiger partial charge in [-0.1, -0.05) is 11.3 Å². The number of fused-ring (bicyclic) bond motifs is 1. The number of hydrogen-bond acceptors (Lipinski definition) is 5. The third-order valence-electron chi connectivity index (χ3n) is 4.05. The molecule has 3 heterocycles. The van der Waals surface area contributed by atoms with Crippen molar-refractivity contribution in [2.24, 2.45) is 0 Å². The van der Waals surface area contributed by atoms with Crippen molar-refractivity contribution in [1.29, 1.82) is 0 Å². The lowest BCUT2D eigenvalue weighted by atomic mass is 9.68. The van der Waals surface area contributed by atoms with Crippen molar-refractivity contribution < 1.29 is 0 Å². The molecule has 1 aliphatic heterocycles. The molecule has 0 amide bonds. The molecule has 88 valence electrons. The summed E-state index contributed by atoms with van der Waals surface area (Å²) in [6, 6.07) is 1.45. The monoisotopic (exact) mass is 248 g/mol. The molecule has 5 nitrogen and oxygen atoms in total. The van der Waals surface area contributed by atoms with Crippen molar-refractivity contribution in [2.45, 2.75) is 31.2 Å². The third-order valence-corrected chi connectivity index (χ3v) is 4.99. The van der Waals surface area contributed by atoms with Crippen molar-refractivity contribution in [3.63, 3.8) is 0 Å². The summed E-state index contributed by atoms with van der Waals surface area (Å²) in [5.41, 5.74) is 0.276. The molecule has 2 fully saturated rings. The molecule has 0 N–H and O–H groups in total. The Kier molecular flexibility index (Phi) is 1.73. The average molecular weight is 248 g/mol. The number of nitrogens with zero attached hydrogens (tertiary/aromatic N) is 4. The van der Waals surface area contributed by atoms with Crippen LogP contribution >= 0.6 is 11.3 Å². The number of rotatable bonds is 1. The van der Waals surface area contributed by atoms with Gasteiger partial charge in [-0.05, 0) is 25.7 Å².